The van der Waals surface area contributed by atoms with Crippen LogP contribution >= 0.6 is 23.4 Å². The zero-order chi connectivity index (χ0) is 21.9. The molecule has 1 aliphatic carbocycles. The number of benzene rings is 2. The largest absolute Gasteiger partial charge is 0.482 e. The number of carboxylic acids is 1. The summed E-state index contributed by atoms with van der Waals surface area (Å²) in [6.45, 7) is -1.48. The summed E-state index contributed by atoms with van der Waals surface area (Å²) in [7, 11) is 0. The van der Waals surface area contributed by atoms with E-state index in [0.717, 1.165) is 30.6 Å². The van der Waals surface area contributed by atoms with Crippen LogP contribution in [0.2, 0.25) is 5.02 Å². The average Bonchev–Trinajstić information content (AvgIpc) is 3.20. The third kappa shape index (κ3) is 5.43. The van der Waals surface area contributed by atoms with Gasteiger partial charge >= 0.3 is 12.1 Å². The van der Waals surface area contributed by atoms with Gasteiger partial charge in [-0.05, 0) is 60.4 Å². The summed E-state index contributed by atoms with van der Waals surface area (Å²) in [5.74, 6) is -1.83. The van der Waals surface area contributed by atoms with Crippen molar-refractivity contribution < 1.29 is 27.8 Å². The van der Waals surface area contributed by atoms with Gasteiger partial charge in [-0.25, -0.2) is 0 Å². The molecule has 0 heterocycles. The van der Waals surface area contributed by atoms with E-state index in [1.165, 1.54) is 17.8 Å². The Labute approximate surface area is 182 Å². The Kier molecular flexibility index (Phi) is 7.24. The summed E-state index contributed by atoms with van der Waals surface area (Å²) in [5, 5.41) is 9.84. The number of hydrogen-bond acceptors (Lipinski definition) is 3. The highest BCUT2D eigenvalue weighted by atomic mass is 35.5. The van der Waals surface area contributed by atoms with Crippen LogP contribution in [-0.2, 0) is 4.79 Å². The first-order valence-corrected chi connectivity index (χ1v) is 11.2. The molecule has 0 spiro atoms. The van der Waals surface area contributed by atoms with Gasteiger partial charge in [-0.15, -0.1) is 11.8 Å². The van der Waals surface area contributed by atoms with Crippen LogP contribution in [0.1, 0.15) is 37.2 Å². The van der Waals surface area contributed by atoms with Gasteiger partial charge in [0.15, 0.2) is 6.61 Å². The molecule has 1 saturated carbocycles. The lowest BCUT2D eigenvalue weighted by Gasteiger charge is -2.23. The summed E-state index contributed by atoms with van der Waals surface area (Å²) in [5.41, 5.74) is 1.46. The van der Waals surface area contributed by atoms with E-state index in [9.17, 15) is 23.1 Å². The van der Waals surface area contributed by atoms with Gasteiger partial charge in [0.2, 0.25) is 0 Å². The fraction of sp³-hybridized carbons (Fsp3) is 0.409. The van der Waals surface area contributed by atoms with E-state index in [-0.39, 0.29) is 16.7 Å². The Bertz CT molecular complexity index is 894. The van der Waals surface area contributed by atoms with E-state index >= 15 is 0 Å². The first-order chi connectivity index (χ1) is 14.2. The molecule has 30 heavy (non-hydrogen) atoms. The lowest BCUT2D eigenvalue weighted by atomic mass is 9.83. The van der Waals surface area contributed by atoms with Crippen molar-refractivity contribution in [3.63, 3.8) is 0 Å². The lowest BCUT2D eigenvalue weighted by molar-refractivity contribution is -0.153. The van der Waals surface area contributed by atoms with E-state index in [1.54, 1.807) is 18.2 Å². The van der Waals surface area contributed by atoms with Crippen molar-refractivity contribution in [1.29, 1.82) is 0 Å². The second kappa shape index (κ2) is 9.52. The first kappa shape index (κ1) is 22.8. The van der Waals surface area contributed by atoms with Gasteiger partial charge < -0.3 is 9.84 Å². The second-order valence-corrected chi connectivity index (χ2v) is 8.66. The van der Waals surface area contributed by atoms with Crippen molar-refractivity contribution in [2.45, 2.75) is 42.7 Å². The van der Waals surface area contributed by atoms with Gasteiger partial charge in [0, 0.05) is 10.5 Å². The molecule has 3 nitrogen and oxygen atoms in total. The molecule has 2 aromatic rings. The molecule has 8 heteroatoms. The normalized spacial score (nSPS) is 15.9. The third-order valence-corrected chi connectivity index (χ3v) is 6.37. The Morgan fingerprint density at radius 2 is 1.87 bits per heavy atom. The standard InChI is InChI=1S/C22H22ClF3O3S/c1-30-16-8-6-13(7-9-16)17-10-15(19(21(27)28)14-4-2-3-5-14)11-18(23)20(17)29-12-22(24,25)26/h6-11,14,19H,2-5,12H2,1H3,(H,27,28). The summed E-state index contributed by atoms with van der Waals surface area (Å²) < 4.78 is 43.4. The molecule has 0 aliphatic heterocycles. The molecule has 1 unspecified atom stereocenters. The van der Waals surface area contributed by atoms with E-state index in [4.69, 9.17) is 16.3 Å². The molecular weight excluding hydrogens is 437 g/mol. The van der Waals surface area contributed by atoms with Crippen LogP contribution in [0.15, 0.2) is 41.3 Å². The van der Waals surface area contributed by atoms with Gasteiger partial charge in [0.25, 0.3) is 0 Å². The van der Waals surface area contributed by atoms with Crippen molar-refractivity contribution in [3.05, 3.63) is 47.0 Å². The van der Waals surface area contributed by atoms with E-state index in [0.29, 0.717) is 16.7 Å². The predicted molar refractivity (Wildman–Crippen MR) is 113 cm³/mol. The van der Waals surface area contributed by atoms with Crippen LogP contribution in [0.25, 0.3) is 11.1 Å². The first-order valence-electron chi connectivity index (χ1n) is 9.60. The highest BCUT2D eigenvalue weighted by molar-refractivity contribution is 7.98. The van der Waals surface area contributed by atoms with Crippen molar-refractivity contribution in [3.8, 4) is 16.9 Å². The topological polar surface area (TPSA) is 46.5 Å². The number of aliphatic carboxylic acids is 1. The second-order valence-electron chi connectivity index (χ2n) is 7.37. The SMILES string of the molecule is CSc1ccc(-c2cc(C(C(=O)O)C3CCCC3)cc(Cl)c2OCC(F)(F)F)cc1. The molecule has 1 aliphatic rings. The minimum absolute atomic E-state index is 0.0211. The zero-order valence-corrected chi connectivity index (χ0v) is 17.9. The van der Waals surface area contributed by atoms with Crippen LogP contribution in [0, 0.1) is 5.92 Å². The summed E-state index contributed by atoms with van der Waals surface area (Å²) >= 11 is 7.88. The lowest BCUT2D eigenvalue weighted by Crippen LogP contribution is -2.21. The predicted octanol–water partition coefficient (Wildman–Crippen LogP) is 7.03. The van der Waals surface area contributed by atoms with Crippen LogP contribution < -0.4 is 4.74 Å². The number of alkyl halides is 3. The van der Waals surface area contributed by atoms with Crippen LogP contribution in [0.4, 0.5) is 13.2 Å². The van der Waals surface area contributed by atoms with Crippen molar-refractivity contribution in [2.75, 3.05) is 12.9 Å². The van der Waals surface area contributed by atoms with Crippen LogP contribution in [-0.4, -0.2) is 30.1 Å². The number of carbonyl (C=O) groups is 1. The Morgan fingerprint density at radius 3 is 2.40 bits per heavy atom. The molecule has 0 bridgehead atoms. The molecule has 1 N–H and O–H groups in total. The van der Waals surface area contributed by atoms with Gasteiger partial charge in [0.05, 0.1) is 10.9 Å². The summed E-state index contributed by atoms with van der Waals surface area (Å²) in [4.78, 5) is 13.0. The quantitative estimate of drug-likeness (QED) is 0.452. The maximum Gasteiger partial charge on any atom is 0.422 e. The summed E-state index contributed by atoms with van der Waals surface area (Å²) in [6, 6.07) is 10.3. The van der Waals surface area contributed by atoms with E-state index < -0.39 is 24.7 Å². The molecule has 0 saturated heterocycles. The minimum Gasteiger partial charge on any atom is -0.482 e. The van der Waals surface area contributed by atoms with Crippen molar-refractivity contribution in [1.82, 2.24) is 0 Å². The Balaban J connectivity index is 2.09. The Hall–Kier alpha value is -1.86. The molecule has 1 atom stereocenters. The van der Waals surface area contributed by atoms with Gasteiger partial charge in [-0.3, -0.25) is 4.79 Å². The molecule has 162 valence electrons. The molecule has 0 radical (unpaired) electrons. The molecule has 3 rings (SSSR count). The average molecular weight is 459 g/mol. The Morgan fingerprint density at radius 1 is 1.23 bits per heavy atom. The van der Waals surface area contributed by atoms with Crippen molar-refractivity contribution >= 4 is 29.3 Å². The fourth-order valence-corrected chi connectivity index (χ4v) is 4.68. The summed E-state index contributed by atoms with van der Waals surface area (Å²) in [6.07, 6.45) is 0.950. The minimum atomic E-state index is -4.52. The van der Waals surface area contributed by atoms with Gasteiger partial charge in [0.1, 0.15) is 5.75 Å². The van der Waals surface area contributed by atoms with E-state index in [2.05, 4.69) is 0 Å². The fourth-order valence-electron chi connectivity index (χ4n) is 3.99. The number of carboxylic acid groups (broad SMARTS) is 1. The number of hydrogen-bond donors (Lipinski definition) is 1. The number of thioether (sulfide) groups is 1. The van der Waals surface area contributed by atoms with E-state index in [1.807, 2.05) is 18.4 Å². The smallest absolute Gasteiger partial charge is 0.422 e. The van der Waals surface area contributed by atoms with Crippen LogP contribution in [0.5, 0.6) is 5.75 Å². The number of halogens is 4. The highest BCUT2D eigenvalue weighted by Gasteiger charge is 2.34. The molecule has 0 amide bonds. The molecular formula is C22H22ClF3O3S. The van der Waals surface area contributed by atoms with Crippen LogP contribution in [0.3, 0.4) is 0 Å². The molecule has 0 aromatic heterocycles. The highest BCUT2D eigenvalue weighted by Crippen LogP contribution is 2.44. The van der Waals surface area contributed by atoms with Gasteiger partial charge in [-0.2, -0.15) is 13.2 Å². The maximum atomic E-state index is 12.8. The maximum absolute atomic E-state index is 12.8. The number of rotatable bonds is 7. The van der Waals surface area contributed by atoms with Crippen molar-refractivity contribution in [2.24, 2.45) is 5.92 Å². The third-order valence-electron chi connectivity index (χ3n) is 5.34. The van der Waals surface area contributed by atoms with Gasteiger partial charge in [-0.1, -0.05) is 36.6 Å². The monoisotopic (exact) mass is 458 g/mol. The molecule has 1 fully saturated rings. The zero-order valence-electron chi connectivity index (χ0n) is 16.3. The molecule has 2 aromatic carbocycles. The number of ether oxygens (including phenoxy) is 1.